The van der Waals surface area contributed by atoms with Gasteiger partial charge < -0.3 is 15.0 Å². The number of carbonyl (C=O) groups is 3. The summed E-state index contributed by atoms with van der Waals surface area (Å²) in [5.41, 5.74) is 7.01. The fraction of sp³-hybridized carbons (Fsp3) is 0.207. The first-order chi connectivity index (χ1) is 18.0. The van der Waals surface area contributed by atoms with Gasteiger partial charge in [0.05, 0.1) is 0 Å². The van der Waals surface area contributed by atoms with Gasteiger partial charge >= 0.3 is 0 Å². The zero-order valence-corrected chi connectivity index (χ0v) is 20.6. The minimum atomic E-state index is -0.492. The van der Waals surface area contributed by atoms with E-state index < -0.39 is 11.8 Å². The molecule has 0 aliphatic rings. The Morgan fingerprint density at radius 1 is 0.811 bits per heavy atom. The molecule has 0 spiro atoms. The largest absolute Gasteiger partial charge is 0.457 e. The standard InChI is InChI=1S/C29H30N4O4/c1-20(12-13-21-8-4-2-5-9-21)30-27(34)16-17-28(35)32-33-29(36)26-19-22-18-24(14-15-25(22)31-26)37-23-10-6-3-7-11-23/h2-11,14-15,18-20,31H,12-13,16-17H2,1H3,(H,30,34)(H,32,35)(H,33,36). The van der Waals surface area contributed by atoms with E-state index in [0.29, 0.717) is 11.5 Å². The number of aromatic nitrogens is 1. The number of hydrogen-bond donors (Lipinski definition) is 4. The van der Waals surface area contributed by atoms with Crippen molar-refractivity contribution in [1.82, 2.24) is 21.2 Å². The molecule has 0 fully saturated rings. The molecule has 0 bridgehead atoms. The highest BCUT2D eigenvalue weighted by atomic mass is 16.5. The van der Waals surface area contributed by atoms with E-state index >= 15 is 0 Å². The monoisotopic (exact) mass is 498 g/mol. The maximum atomic E-state index is 12.5. The van der Waals surface area contributed by atoms with E-state index in [1.54, 1.807) is 6.07 Å². The van der Waals surface area contributed by atoms with Gasteiger partial charge in [0.15, 0.2) is 0 Å². The van der Waals surface area contributed by atoms with Gasteiger partial charge in [-0.25, -0.2) is 0 Å². The number of aromatic amines is 1. The van der Waals surface area contributed by atoms with Crippen molar-refractivity contribution < 1.29 is 19.1 Å². The van der Waals surface area contributed by atoms with Crippen molar-refractivity contribution in [3.63, 3.8) is 0 Å². The second-order valence-electron chi connectivity index (χ2n) is 8.84. The second kappa shape index (κ2) is 12.4. The minimum Gasteiger partial charge on any atom is -0.457 e. The fourth-order valence-corrected chi connectivity index (χ4v) is 3.85. The van der Waals surface area contributed by atoms with Crippen LogP contribution in [0.3, 0.4) is 0 Å². The second-order valence-corrected chi connectivity index (χ2v) is 8.84. The van der Waals surface area contributed by atoms with Crippen LogP contribution in [0.25, 0.3) is 10.9 Å². The molecular formula is C29H30N4O4. The first-order valence-corrected chi connectivity index (χ1v) is 12.2. The Kier molecular flexibility index (Phi) is 8.54. The number of hydrazine groups is 1. The Hall–Kier alpha value is -4.59. The molecule has 0 aliphatic carbocycles. The van der Waals surface area contributed by atoms with Gasteiger partial charge in [0.25, 0.3) is 5.91 Å². The molecule has 4 aromatic rings. The van der Waals surface area contributed by atoms with Crippen LogP contribution in [-0.2, 0) is 16.0 Å². The molecule has 8 nitrogen and oxygen atoms in total. The molecule has 4 rings (SSSR count). The van der Waals surface area contributed by atoms with E-state index in [1.165, 1.54) is 5.56 Å². The summed E-state index contributed by atoms with van der Waals surface area (Å²) in [6, 6.07) is 26.6. The predicted octanol–water partition coefficient (Wildman–Crippen LogP) is 4.64. The van der Waals surface area contributed by atoms with E-state index in [2.05, 4.69) is 33.3 Å². The summed E-state index contributed by atoms with van der Waals surface area (Å²) in [7, 11) is 0. The lowest BCUT2D eigenvalue weighted by Gasteiger charge is -2.14. The Balaban J connectivity index is 1.19. The lowest BCUT2D eigenvalue weighted by molar-refractivity contribution is -0.127. The molecule has 0 saturated carbocycles. The molecule has 190 valence electrons. The van der Waals surface area contributed by atoms with E-state index in [4.69, 9.17) is 4.74 Å². The number of aryl methyl sites for hydroxylation is 1. The maximum absolute atomic E-state index is 12.5. The van der Waals surface area contributed by atoms with Gasteiger partial charge in [-0.2, -0.15) is 0 Å². The third kappa shape index (κ3) is 7.70. The van der Waals surface area contributed by atoms with Gasteiger partial charge in [-0.3, -0.25) is 25.2 Å². The number of carbonyl (C=O) groups excluding carboxylic acids is 3. The third-order valence-electron chi connectivity index (χ3n) is 5.83. The number of ether oxygens (including phenoxy) is 1. The Bertz CT molecular complexity index is 1350. The smallest absolute Gasteiger partial charge is 0.286 e. The molecule has 0 radical (unpaired) electrons. The number of benzene rings is 3. The Labute approximate surface area is 215 Å². The van der Waals surface area contributed by atoms with Crippen LogP contribution >= 0.6 is 0 Å². The van der Waals surface area contributed by atoms with Crippen LogP contribution in [0.15, 0.2) is 84.9 Å². The van der Waals surface area contributed by atoms with Crippen LogP contribution < -0.4 is 20.9 Å². The summed E-state index contributed by atoms with van der Waals surface area (Å²) >= 11 is 0. The number of fused-ring (bicyclic) bond motifs is 1. The van der Waals surface area contributed by atoms with Crippen molar-refractivity contribution in [2.24, 2.45) is 0 Å². The zero-order valence-electron chi connectivity index (χ0n) is 20.6. The number of rotatable bonds is 10. The van der Waals surface area contributed by atoms with E-state index in [-0.39, 0.29) is 30.5 Å². The lowest BCUT2D eigenvalue weighted by atomic mass is 10.1. The number of amides is 3. The highest BCUT2D eigenvalue weighted by Gasteiger charge is 2.13. The van der Waals surface area contributed by atoms with Gasteiger partial charge in [0.1, 0.15) is 17.2 Å². The Morgan fingerprint density at radius 2 is 1.51 bits per heavy atom. The molecule has 8 heteroatoms. The molecule has 1 aromatic heterocycles. The number of nitrogens with one attached hydrogen (secondary N) is 4. The van der Waals surface area contributed by atoms with Crippen LogP contribution in [0.1, 0.15) is 42.2 Å². The fourth-order valence-electron chi connectivity index (χ4n) is 3.85. The van der Waals surface area contributed by atoms with Crippen molar-refractivity contribution in [2.75, 3.05) is 0 Å². The average molecular weight is 499 g/mol. The van der Waals surface area contributed by atoms with Crippen LogP contribution in [0.5, 0.6) is 11.5 Å². The van der Waals surface area contributed by atoms with E-state index in [1.807, 2.05) is 73.7 Å². The molecule has 37 heavy (non-hydrogen) atoms. The first-order valence-electron chi connectivity index (χ1n) is 12.2. The van der Waals surface area contributed by atoms with E-state index in [9.17, 15) is 14.4 Å². The van der Waals surface area contributed by atoms with Crippen LogP contribution in [0.2, 0.25) is 0 Å². The summed E-state index contributed by atoms with van der Waals surface area (Å²) in [5, 5.41) is 3.70. The normalized spacial score (nSPS) is 11.5. The summed E-state index contributed by atoms with van der Waals surface area (Å²) in [6.07, 6.45) is 1.67. The summed E-state index contributed by atoms with van der Waals surface area (Å²) in [6.45, 7) is 1.94. The van der Waals surface area contributed by atoms with Crippen LogP contribution in [0.4, 0.5) is 0 Å². The number of para-hydroxylation sites is 1. The maximum Gasteiger partial charge on any atom is 0.286 e. The third-order valence-corrected chi connectivity index (χ3v) is 5.83. The Morgan fingerprint density at radius 3 is 2.27 bits per heavy atom. The molecule has 1 unspecified atom stereocenters. The van der Waals surface area contributed by atoms with Crippen molar-refractivity contribution >= 4 is 28.6 Å². The molecule has 4 N–H and O–H groups in total. The van der Waals surface area contributed by atoms with Crippen LogP contribution in [0, 0.1) is 0 Å². The number of hydrogen-bond acceptors (Lipinski definition) is 4. The average Bonchev–Trinajstić information content (AvgIpc) is 3.34. The molecule has 3 amide bonds. The molecule has 0 saturated heterocycles. The van der Waals surface area contributed by atoms with Gasteiger partial charge in [-0.1, -0.05) is 48.5 Å². The molecule has 3 aromatic carbocycles. The van der Waals surface area contributed by atoms with Crippen molar-refractivity contribution in [2.45, 2.75) is 38.6 Å². The summed E-state index contributed by atoms with van der Waals surface area (Å²) in [5.74, 6) is 0.217. The first kappa shape index (κ1) is 25.5. The molecular weight excluding hydrogens is 468 g/mol. The quantitative estimate of drug-likeness (QED) is 0.239. The minimum absolute atomic E-state index is 0.00362. The van der Waals surface area contributed by atoms with Crippen molar-refractivity contribution in [3.05, 3.63) is 96.2 Å². The van der Waals surface area contributed by atoms with Gasteiger partial charge in [-0.15, -0.1) is 0 Å². The highest BCUT2D eigenvalue weighted by Crippen LogP contribution is 2.26. The predicted molar refractivity (Wildman–Crippen MR) is 142 cm³/mol. The van der Waals surface area contributed by atoms with Gasteiger partial charge in [0.2, 0.25) is 11.8 Å². The van der Waals surface area contributed by atoms with Crippen molar-refractivity contribution in [3.8, 4) is 11.5 Å². The number of H-pyrrole nitrogens is 1. The molecule has 1 heterocycles. The molecule has 0 aliphatic heterocycles. The van der Waals surface area contributed by atoms with Gasteiger partial charge in [0, 0.05) is 29.8 Å². The molecule has 1 atom stereocenters. The van der Waals surface area contributed by atoms with Crippen molar-refractivity contribution in [1.29, 1.82) is 0 Å². The van der Waals surface area contributed by atoms with Crippen LogP contribution in [-0.4, -0.2) is 28.7 Å². The SMILES string of the molecule is CC(CCc1ccccc1)NC(=O)CCC(=O)NNC(=O)c1cc2cc(Oc3ccccc3)ccc2[nH]1. The zero-order chi connectivity index (χ0) is 26.0. The van der Waals surface area contributed by atoms with Gasteiger partial charge in [-0.05, 0) is 61.7 Å². The highest BCUT2D eigenvalue weighted by molar-refractivity contribution is 5.99. The van der Waals surface area contributed by atoms with E-state index in [0.717, 1.165) is 23.7 Å². The topological polar surface area (TPSA) is 112 Å². The summed E-state index contributed by atoms with van der Waals surface area (Å²) < 4.78 is 5.83. The summed E-state index contributed by atoms with van der Waals surface area (Å²) in [4.78, 5) is 39.8. The lowest BCUT2D eigenvalue weighted by Crippen LogP contribution is -2.42.